The summed E-state index contributed by atoms with van der Waals surface area (Å²) in [4.78, 5) is 47.1. The van der Waals surface area contributed by atoms with Gasteiger partial charge < -0.3 is 27.0 Å². The Balaban J connectivity index is 2.66. The first-order chi connectivity index (χ1) is 13.8. The molecule has 1 unspecified atom stereocenters. The van der Waals surface area contributed by atoms with Gasteiger partial charge in [-0.2, -0.15) is 0 Å². The van der Waals surface area contributed by atoms with E-state index in [2.05, 4.69) is 21.3 Å². The standard InChI is InChI=1S/C20H31N5O4/c1-3-6-17(26)23-13-18(27)25-16(7-5-12-22-20(21)29)19(28)24-15-10-8-14(4-2)9-11-15/h8-11,16H,3-7,12-13H2,1-2H3,(H,23,26)(H,24,28)(H,25,27)(H3,21,22,29). The molecule has 0 aliphatic rings. The molecule has 0 heterocycles. The number of nitrogens with two attached hydrogens (primary N) is 1. The number of benzene rings is 1. The Morgan fingerprint density at radius 1 is 1.00 bits per heavy atom. The molecule has 6 N–H and O–H groups in total. The zero-order chi connectivity index (χ0) is 21.6. The first-order valence-corrected chi connectivity index (χ1v) is 9.84. The first-order valence-electron chi connectivity index (χ1n) is 9.84. The normalized spacial score (nSPS) is 11.2. The van der Waals surface area contributed by atoms with E-state index in [-0.39, 0.29) is 24.9 Å². The minimum Gasteiger partial charge on any atom is -0.352 e. The molecule has 9 heteroatoms. The Morgan fingerprint density at radius 3 is 2.28 bits per heavy atom. The summed E-state index contributed by atoms with van der Waals surface area (Å²) >= 11 is 0. The van der Waals surface area contributed by atoms with E-state index in [4.69, 9.17) is 5.73 Å². The number of nitrogens with one attached hydrogen (secondary N) is 4. The van der Waals surface area contributed by atoms with Crippen LogP contribution in [0.2, 0.25) is 0 Å². The van der Waals surface area contributed by atoms with Gasteiger partial charge in [0.25, 0.3) is 0 Å². The number of rotatable bonds is 12. The van der Waals surface area contributed by atoms with Crippen LogP contribution in [-0.4, -0.2) is 42.9 Å². The summed E-state index contributed by atoms with van der Waals surface area (Å²) in [7, 11) is 0. The van der Waals surface area contributed by atoms with Gasteiger partial charge in [-0.05, 0) is 43.4 Å². The quantitative estimate of drug-likeness (QED) is 0.331. The van der Waals surface area contributed by atoms with E-state index in [0.717, 1.165) is 12.0 Å². The molecule has 0 saturated heterocycles. The van der Waals surface area contributed by atoms with Crippen molar-refractivity contribution in [3.8, 4) is 0 Å². The molecule has 0 aliphatic carbocycles. The number of hydrogen-bond acceptors (Lipinski definition) is 4. The highest BCUT2D eigenvalue weighted by Gasteiger charge is 2.21. The SMILES string of the molecule is CCCC(=O)NCC(=O)NC(CCCNC(N)=O)C(=O)Nc1ccc(CC)cc1. The molecule has 0 fully saturated rings. The Morgan fingerprint density at radius 2 is 1.69 bits per heavy atom. The maximum Gasteiger partial charge on any atom is 0.312 e. The fourth-order valence-corrected chi connectivity index (χ4v) is 2.58. The summed E-state index contributed by atoms with van der Waals surface area (Å²) in [5, 5.41) is 10.4. The van der Waals surface area contributed by atoms with Crippen molar-refractivity contribution in [2.24, 2.45) is 5.73 Å². The van der Waals surface area contributed by atoms with Crippen molar-refractivity contribution in [2.75, 3.05) is 18.4 Å². The molecule has 0 spiro atoms. The Bertz CT molecular complexity index is 691. The molecule has 0 saturated carbocycles. The van der Waals surface area contributed by atoms with E-state index in [1.807, 2.05) is 26.0 Å². The fourth-order valence-electron chi connectivity index (χ4n) is 2.58. The van der Waals surface area contributed by atoms with Crippen LogP contribution in [-0.2, 0) is 20.8 Å². The monoisotopic (exact) mass is 405 g/mol. The number of carbonyl (C=O) groups excluding carboxylic acids is 4. The number of anilines is 1. The summed E-state index contributed by atoms with van der Waals surface area (Å²) in [6.45, 7) is 3.99. The van der Waals surface area contributed by atoms with Crippen molar-refractivity contribution >= 4 is 29.4 Å². The topological polar surface area (TPSA) is 142 Å². The minimum atomic E-state index is -0.814. The largest absolute Gasteiger partial charge is 0.352 e. The minimum absolute atomic E-state index is 0.201. The van der Waals surface area contributed by atoms with Crippen molar-refractivity contribution < 1.29 is 19.2 Å². The smallest absolute Gasteiger partial charge is 0.312 e. The van der Waals surface area contributed by atoms with Crippen LogP contribution in [0.5, 0.6) is 0 Å². The van der Waals surface area contributed by atoms with Gasteiger partial charge in [-0.1, -0.05) is 26.0 Å². The number of urea groups is 1. The molecule has 0 aromatic heterocycles. The highest BCUT2D eigenvalue weighted by atomic mass is 16.2. The third-order valence-electron chi connectivity index (χ3n) is 4.17. The highest BCUT2D eigenvalue weighted by Crippen LogP contribution is 2.11. The molecular formula is C20H31N5O4. The van der Waals surface area contributed by atoms with Crippen molar-refractivity contribution in [3.05, 3.63) is 29.8 Å². The van der Waals surface area contributed by atoms with Crippen molar-refractivity contribution in [1.29, 1.82) is 0 Å². The maximum absolute atomic E-state index is 12.6. The lowest BCUT2D eigenvalue weighted by Gasteiger charge is -2.19. The highest BCUT2D eigenvalue weighted by molar-refractivity contribution is 5.97. The molecular weight excluding hydrogens is 374 g/mol. The van der Waals surface area contributed by atoms with Crippen LogP contribution in [0, 0.1) is 0 Å². The molecule has 160 valence electrons. The number of primary amides is 1. The number of hydrogen-bond donors (Lipinski definition) is 5. The van der Waals surface area contributed by atoms with Crippen LogP contribution >= 0.6 is 0 Å². The third kappa shape index (κ3) is 10.1. The molecule has 1 aromatic rings. The molecule has 29 heavy (non-hydrogen) atoms. The fraction of sp³-hybridized carbons (Fsp3) is 0.500. The van der Waals surface area contributed by atoms with Gasteiger partial charge in [-0.25, -0.2) is 4.79 Å². The van der Waals surface area contributed by atoms with Gasteiger partial charge in [0.05, 0.1) is 6.54 Å². The van der Waals surface area contributed by atoms with E-state index in [0.29, 0.717) is 31.4 Å². The van der Waals surface area contributed by atoms with Gasteiger partial charge in [0.1, 0.15) is 6.04 Å². The Hall–Kier alpha value is -3.10. The van der Waals surface area contributed by atoms with Gasteiger partial charge in [-0.3, -0.25) is 14.4 Å². The average Bonchev–Trinajstić information content (AvgIpc) is 2.69. The van der Waals surface area contributed by atoms with E-state index in [9.17, 15) is 19.2 Å². The maximum atomic E-state index is 12.6. The molecule has 9 nitrogen and oxygen atoms in total. The average molecular weight is 405 g/mol. The summed E-state index contributed by atoms with van der Waals surface area (Å²) in [6.07, 6.45) is 2.65. The number of amides is 5. The van der Waals surface area contributed by atoms with Crippen LogP contribution in [0.3, 0.4) is 0 Å². The van der Waals surface area contributed by atoms with Gasteiger partial charge in [0, 0.05) is 18.7 Å². The lowest BCUT2D eigenvalue weighted by molar-refractivity contribution is -0.128. The van der Waals surface area contributed by atoms with Crippen LogP contribution < -0.4 is 27.0 Å². The lowest BCUT2D eigenvalue weighted by atomic mass is 10.1. The summed E-state index contributed by atoms with van der Waals surface area (Å²) in [6, 6.07) is 5.98. The molecule has 0 bridgehead atoms. The Labute approximate surface area is 171 Å². The Kier molecular flexibility index (Phi) is 10.8. The molecule has 1 aromatic carbocycles. The van der Waals surface area contributed by atoms with Gasteiger partial charge in [-0.15, -0.1) is 0 Å². The second kappa shape index (κ2) is 13.1. The predicted octanol–water partition coefficient (Wildman–Crippen LogP) is 1.04. The van der Waals surface area contributed by atoms with Gasteiger partial charge in [0.2, 0.25) is 17.7 Å². The van der Waals surface area contributed by atoms with Crippen LogP contribution in [0.15, 0.2) is 24.3 Å². The van der Waals surface area contributed by atoms with E-state index < -0.39 is 18.0 Å². The van der Waals surface area contributed by atoms with E-state index in [1.54, 1.807) is 12.1 Å². The summed E-state index contributed by atoms with van der Waals surface area (Å²) < 4.78 is 0. The van der Waals surface area contributed by atoms with Crippen molar-refractivity contribution in [2.45, 2.75) is 52.0 Å². The van der Waals surface area contributed by atoms with E-state index in [1.165, 1.54) is 0 Å². The molecule has 1 rings (SSSR count). The lowest BCUT2D eigenvalue weighted by Crippen LogP contribution is -2.47. The van der Waals surface area contributed by atoms with Crippen LogP contribution in [0.1, 0.15) is 45.1 Å². The second-order valence-corrected chi connectivity index (χ2v) is 6.62. The zero-order valence-corrected chi connectivity index (χ0v) is 17.0. The van der Waals surface area contributed by atoms with Crippen LogP contribution in [0.25, 0.3) is 0 Å². The molecule has 5 amide bonds. The number of aryl methyl sites for hydroxylation is 1. The number of carbonyl (C=O) groups is 4. The summed E-state index contributed by atoms with van der Waals surface area (Å²) in [5.74, 6) is -1.05. The summed E-state index contributed by atoms with van der Waals surface area (Å²) in [5.41, 5.74) is 6.80. The van der Waals surface area contributed by atoms with E-state index >= 15 is 0 Å². The third-order valence-corrected chi connectivity index (χ3v) is 4.17. The zero-order valence-electron chi connectivity index (χ0n) is 17.0. The molecule has 1 atom stereocenters. The van der Waals surface area contributed by atoms with Gasteiger partial charge >= 0.3 is 6.03 Å². The first kappa shape index (κ1) is 23.9. The van der Waals surface area contributed by atoms with Crippen molar-refractivity contribution in [3.63, 3.8) is 0 Å². The second-order valence-electron chi connectivity index (χ2n) is 6.62. The predicted molar refractivity (Wildman–Crippen MR) is 111 cm³/mol. The van der Waals surface area contributed by atoms with Crippen LogP contribution in [0.4, 0.5) is 10.5 Å². The molecule has 0 radical (unpaired) electrons. The van der Waals surface area contributed by atoms with Crippen molar-refractivity contribution in [1.82, 2.24) is 16.0 Å². The molecule has 0 aliphatic heterocycles. The van der Waals surface area contributed by atoms with Gasteiger partial charge in [0.15, 0.2) is 0 Å².